The van der Waals surface area contributed by atoms with Crippen molar-refractivity contribution in [1.29, 1.82) is 0 Å². The van der Waals surface area contributed by atoms with Crippen LogP contribution in [0.5, 0.6) is 0 Å². The molecular formula is C22H24ClN5O2S. The third-order valence-corrected chi connectivity index (χ3v) is 5.87. The van der Waals surface area contributed by atoms with Gasteiger partial charge in [-0.05, 0) is 56.7 Å². The highest BCUT2D eigenvalue weighted by Crippen LogP contribution is 2.22. The van der Waals surface area contributed by atoms with E-state index in [1.165, 1.54) is 11.8 Å². The Morgan fingerprint density at radius 2 is 1.84 bits per heavy atom. The van der Waals surface area contributed by atoms with E-state index in [9.17, 15) is 9.59 Å². The molecule has 31 heavy (non-hydrogen) atoms. The highest BCUT2D eigenvalue weighted by atomic mass is 35.5. The summed E-state index contributed by atoms with van der Waals surface area (Å²) >= 11 is 7.19. The summed E-state index contributed by atoms with van der Waals surface area (Å²) in [4.78, 5) is 24.8. The number of carbonyl (C=O) groups is 2. The molecule has 1 heterocycles. The van der Waals surface area contributed by atoms with E-state index in [1.807, 2.05) is 49.6 Å². The minimum Gasteiger partial charge on any atom is -0.342 e. The van der Waals surface area contributed by atoms with Crippen molar-refractivity contribution in [1.82, 2.24) is 20.1 Å². The number of rotatable bonds is 8. The van der Waals surface area contributed by atoms with E-state index < -0.39 is 0 Å². The second-order valence-electron chi connectivity index (χ2n) is 6.94. The summed E-state index contributed by atoms with van der Waals surface area (Å²) in [6.07, 6.45) is 0. The van der Waals surface area contributed by atoms with Crippen LogP contribution in [0, 0.1) is 6.92 Å². The second kappa shape index (κ2) is 10.5. The molecule has 0 unspecified atom stereocenters. The molecule has 0 radical (unpaired) electrons. The average molecular weight is 458 g/mol. The Hall–Kier alpha value is -2.84. The van der Waals surface area contributed by atoms with Gasteiger partial charge in [0, 0.05) is 22.8 Å². The van der Waals surface area contributed by atoms with Crippen LogP contribution in [-0.4, -0.2) is 32.3 Å². The minimum atomic E-state index is -0.356. The first-order valence-corrected chi connectivity index (χ1v) is 11.2. The monoisotopic (exact) mass is 457 g/mol. The van der Waals surface area contributed by atoms with Crippen molar-refractivity contribution in [2.75, 3.05) is 11.1 Å². The minimum absolute atomic E-state index is 0.115. The van der Waals surface area contributed by atoms with E-state index in [2.05, 4.69) is 20.8 Å². The number of anilines is 1. The zero-order valence-electron chi connectivity index (χ0n) is 17.6. The van der Waals surface area contributed by atoms with E-state index in [-0.39, 0.29) is 23.6 Å². The van der Waals surface area contributed by atoms with Gasteiger partial charge in [-0.15, -0.1) is 10.2 Å². The van der Waals surface area contributed by atoms with Gasteiger partial charge in [-0.2, -0.15) is 0 Å². The molecule has 0 aliphatic carbocycles. The van der Waals surface area contributed by atoms with Crippen molar-refractivity contribution in [3.05, 3.63) is 70.5 Å². The lowest BCUT2D eigenvalue weighted by Gasteiger charge is -2.15. The molecule has 3 aromatic rings. The number of amides is 2. The number of nitrogens with zero attached hydrogens (tertiary/aromatic N) is 3. The molecular weight excluding hydrogens is 434 g/mol. The number of benzene rings is 2. The Balaban J connectivity index is 1.63. The summed E-state index contributed by atoms with van der Waals surface area (Å²) in [7, 11) is 0. The Bertz CT molecular complexity index is 1070. The van der Waals surface area contributed by atoms with Crippen LogP contribution in [0.25, 0.3) is 0 Å². The van der Waals surface area contributed by atoms with Crippen LogP contribution in [0.15, 0.2) is 53.7 Å². The number of aromatic nitrogens is 3. The van der Waals surface area contributed by atoms with Gasteiger partial charge in [0.25, 0.3) is 5.91 Å². The van der Waals surface area contributed by atoms with Gasteiger partial charge in [-0.3, -0.25) is 9.59 Å². The molecule has 2 amide bonds. The summed E-state index contributed by atoms with van der Waals surface area (Å²) in [5.41, 5.74) is 2.32. The molecule has 1 atom stereocenters. The zero-order valence-corrected chi connectivity index (χ0v) is 19.1. The lowest BCUT2D eigenvalue weighted by molar-refractivity contribution is -0.113. The van der Waals surface area contributed by atoms with E-state index in [0.29, 0.717) is 28.1 Å². The molecule has 7 nitrogen and oxygen atoms in total. The van der Waals surface area contributed by atoms with Crippen molar-refractivity contribution in [3.63, 3.8) is 0 Å². The molecule has 0 bridgehead atoms. The van der Waals surface area contributed by atoms with Gasteiger partial charge in [0.1, 0.15) is 0 Å². The van der Waals surface area contributed by atoms with E-state index in [4.69, 9.17) is 11.6 Å². The Morgan fingerprint density at radius 1 is 1.13 bits per heavy atom. The lowest BCUT2D eigenvalue weighted by Crippen LogP contribution is -2.28. The van der Waals surface area contributed by atoms with Crippen LogP contribution < -0.4 is 10.6 Å². The summed E-state index contributed by atoms with van der Waals surface area (Å²) in [5.74, 6) is 0.502. The van der Waals surface area contributed by atoms with Crippen molar-refractivity contribution >= 4 is 40.9 Å². The van der Waals surface area contributed by atoms with E-state index >= 15 is 0 Å². The summed E-state index contributed by atoms with van der Waals surface area (Å²) < 4.78 is 1.90. The number of halogens is 1. The van der Waals surface area contributed by atoms with Gasteiger partial charge in [-0.1, -0.05) is 41.6 Å². The fraction of sp³-hybridized carbons (Fsp3) is 0.273. The second-order valence-corrected chi connectivity index (χ2v) is 8.32. The zero-order chi connectivity index (χ0) is 22.4. The van der Waals surface area contributed by atoms with Gasteiger partial charge in [0.05, 0.1) is 11.8 Å². The maximum absolute atomic E-state index is 12.5. The van der Waals surface area contributed by atoms with Gasteiger partial charge in [0.2, 0.25) is 5.91 Å². The summed E-state index contributed by atoms with van der Waals surface area (Å²) in [5, 5.41) is 15.5. The molecule has 0 aliphatic rings. The number of para-hydroxylation sites is 1. The Kier molecular flexibility index (Phi) is 7.70. The average Bonchev–Trinajstić information content (AvgIpc) is 3.17. The van der Waals surface area contributed by atoms with Crippen molar-refractivity contribution in [3.8, 4) is 0 Å². The normalized spacial score (nSPS) is 11.7. The maximum atomic E-state index is 12.5. The van der Waals surface area contributed by atoms with Crippen molar-refractivity contribution in [2.24, 2.45) is 0 Å². The van der Waals surface area contributed by atoms with Gasteiger partial charge in [0.15, 0.2) is 11.0 Å². The SMILES string of the molecule is CCn1c(SCC(=O)Nc2ccccc2C)nnc1[C@H](C)NC(=O)c1ccc(Cl)cc1. The van der Waals surface area contributed by atoms with E-state index in [0.717, 1.165) is 11.3 Å². The van der Waals surface area contributed by atoms with Crippen molar-refractivity contribution < 1.29 is 9.59 Å². The van der Waals surface area contributed by atoms with E-state index in [1.54, 1.807) is 24.3 Å². The molecule has 0 aliphatic heterocycles. The number of thioether (sulfide) groups is 1. The van der Waals surface area contributed by atoms with Crippen LogP contribution in [-0.2, 0) is 11.3 Å². The molecule has 2 aromatic carbocycles. The first kappa shape index (κ1) is 22.8. The van der Waals surface area contributed by atoms with Gasteiger partial charge < -0.3 is 15.2 Å². The number of hydrogen-bond acceptors (Lipinski definition) is 5. The smallest absolute Gasteiger partial charge is 0.251 e. The predicted octanol–water partition coefficient (Wildman–Crippen LogP) is 4.48. The summed E-state index contributed by atoms with van der Waals surface area (Å²) in [6.45, 7) is 6.38. The number of carbonyl (C=O) groups excluding carboxylic acids is 2. The summed E-state index contributed by atoms with van der Waals surface area (Å²) in [6, 6.07) is 14.0. The van der Waals surface area contributed by atoms with Gasteiger partial charge >= 0.3 is 0 Å². The first-order chi connectivity index (χ1) is 14.9. The Labute approximate surface area is 190 Å². The van der Waals surface area contributed by atoms with Crippen LogP contribution >= 0.6 is 23.4 Å². The Morgan fingerprint density at radius 3 is 2.52 bits per heavy atom. The molecule has 0 spiro atoms. The van der Waals surface area contributed by atoms with Gasteiger partial charge in [-0.25, -0.2) is 0 Å². The highest BCUT2D eigenvalue weighted by Gasteiger charge is 2.20. The maximum Gasteiger partial charge on any atom is 0.251 e. The molecule has 0 fully saturated rings. The third-order valence-electron chi connectivity index (χ3n) is 4.65. The molecule has 3 rings (SSSR count). The molecule has 162 valence electrons. The van der Waals surface area contributed by atoms with Crippen LogP contribution in [0.1, 0.15) is 41.6 Å². The standard InChI is InChI=1S/C22H24ClN5O2S/c1-4-28-20(15(3)24-21(30)16-9-11-17(23)12-10-16)26-27-22(28)31-13-19(29)25-18-8-6-5-7-14(18)2/h5-12,15H,4,13H2,1-3H3,(H,24,30)(H,25,29)/t15-/m0/s1. The largest absolute Gasteiger partial charge is 0.342 e. The number of hydrogen-bond donors (Lipinski definition) is 2. The van der Waals surface area contributed by atoms with Crippen LogP contribution in [0.4, 0.5) is 5.69 Å². The quantitative estimate of drug-likeness (QED) is 0.487. The third kappa shape index (κ3) is 5.86. The molecule has 9 heteroatoms. The molecule has 1 aromatic heterocycles. The molecule has 0 saturated heterocycles. The molecule has 0 saturated carbocycles. The predicted molar refractivity (Wildman–Crippen MR) is 124 cm³/mol. The fourth-order valence-corrected chi connectivity index (χ4v) is 3.94. The highest BCUT2D eigenvalue weighted by molar-refractivity contribution is 7.99. The van der Waals surface area contributed by atoms with Crippen LogP contribution in [0.3, 0.4) is 0 Å². The lowest BCUT2D eigenvalue weighted by atomic mass is 10.2. The molecule has 2 N–H and O–H groups in total. The fourth-order valence-electron chi connectivity index (χ4n) is 3.00. The number of nitrogens with one attached hydrogen (secondary N) is 2. The van der Waals surface area contributed by atoms with Crippen LogP contribution in [0.2, 0.25) is 5.02 Å². The number of aryl methyl sites for hydroxylation is 1. The van der Waals surface area contributed by atoms with Crippen molar-refractivity contribution in [2.45, 2.75) is 38.5 Å². The first-order valence-electron chi connectivity index (χ1n) is 9.86. The topological polar surface area (TPSA) is 88.9 Å².